The van der Waals surface area contributed by atoms with Crippen LogP contribution in [0.4, 0.5) is 0 Å². The Hall–Kier alpha value is -1.03. The molecule has 108 valence electrons. The van der Waals surface area contributed by atoms with Crippen LogP contribution < -0.4 is 10.1 Å². The predicted octanol–water partition coefficient (Wildman–Crippen LogP) is 4.75. The molecule has 0 aliphatic rings. The van der Waals surface area contributed by atoms with Gasteiger partial charge in [-0.25, -0.2) is 0 Å². The van der Waals surface area contributed by atoms with Gasteiger partial charge in [-0.15, -0.1) is 11.3 Å². The van der Waals surface area contributed by atoms with E-state index in [9.17, 15) is 0 Å². The molecule has 0 spiro atoms. The summed E-state index contributed by atoms with van der Waals surface area (Å²) in [6.45, 7) is 7.69. The van der Waals surface area contributed by atoms with Crippen LogP contribution in [-0.2, 0) is 0 Å². The van der Waals surface area contributed by atoms with Gasteiger partial charge < -0.3 is 10.1 Å². The predicted molar refractivity (Wildman–Crippen MR) is 87.2 cm³/mol. The van der Waals surface area contributed by atoms with Gasteiger partial charge in [-0.05, 0) is 55.5 Å². The molecule has 1 heterocycles. The summed E-state index contributed by atoms with van der Waals surface area (Å²) < 4.78 is 5.87. The molecule has 0 saturated heterocycles. The van der Waals surface area contributed by atoms with Gasteiger partial charge in [-0.2, -0.15) is 0 Å². The average molecular weight is 310 g/mol. The Balaban J connectivity index is 1.82. The molecule has 1 atom stereocenters. The zero-order valence-corrected chi connectivity index (χ0v) is 13.6. The zero-order valence-electron chi connectivity index (χ0n) is 12.1. The highest BCUT2D eigenvalue weighted by molar-refractivity contribution is 7.10. The van der Waals surface area contributed by atoms with E-state index in [4.69, 9.17) is 16.3 Å². The van der Waals surface area contributed by atoms with Crippen LogP contribution in [0.15, 0.2) is 29.6 Å². The normalized spacial score (nSPS) is 12.4. The number of halogens is 1. The summed E-state index contributed by atoms with van der Waals surface area (Å²) in [7, 11) is 0. The second kappa shape index (κ2) is 7.11. The van der Waals surface area contributed by atoms with Crippen molar-refractivity contribution in [2.75, 3.05) is 13.2 Å². The maximum atomic E-state index is 6.02. The average Bonchev–Trinajstić information content (AvgIpc) is 2.90. The molecule has 2 rings (SSSR count). The third kappa shape index (κ3) is 3.98. The molecule has 0 amide bonds. The largest absolute Gasteiger partial charge is 0.492 e. The Kier molecular flexibility index (Phi) is 5.46. The molecule has 1 N–H and O–H groups in total. The smallest absolute Gasteiger partial charge is 0.125 e. The van der Waals surface area contributed by atoms with E-state index in [1.807, 2.05) is 26.0 Å². The van der Waals surface area contributed by atoms with E-state index in [-0.39, 0.29) is 0 Å². The Morgan fingerprint density at radius 2 is 2.00 bits per heavy atom. The number of ether oxygens (including phenoxy) is 1. The van der Waals surface area contributed by atoms with E-state index in [0.29, 0.717) is 12.6 Å². The maximum Gasteiger partial charge on any atom is 0.125 e. The fourth-order valence-electron chi connectivity index (χ4n) is 2.19. The number of aryl methyl sites for hydroxylation is 2. The highest BCUT2D eigenvalue weighted by atomic mass is 35.5. The Bertz CT molecular complexity index is 531. The molecule has 2 aromatic rings. The Labute approximate surface area is 129 Å². The topological polar surface area (TPSA) is 21.3 Å². The summed E-state index contributed by atoms with van der Waals surface area (Å²) in [6, 6.07) is 8.47. The fourth-order valence-corrected chi connectivity index (χ4v) is 3.28. The van der Waals surface area contributed by atoms with Crippen LogP contribution in [-0.4, -0.2) is 13.2 Å². The first-order valence-corrected chi connectivity index (χ1v) is 8.00. The minimum Gasteiger partial charge on any atom is -0.492 e. The van der Waals surface area contributed by atoms with Crippen LogP contribution in [0.25, 0.3) is 0 Å². The van der Waals surface area contributed by atoms with E-state index < -0.39 is 0 Å². The summed E-state index contributed by atoms with van der Waals surface area (Å²) >= 11 is 7.79. The molecule has 0 bridgehead atoms. The number of benzene rings is 1. The van der Waals surface area contributed by atoms with Crippen molar-refractivity contribution < 1.29 is 4.74 Å². The molecule has 0 fully saturated rings. The molecular weight excluding hydrogens is 290 g/mol. The van der Waals surface area contributed by atoms with Gasteiger partial charge in [0, 0.05) is 22.5 Å². The van der Waals surface area contributed by atoms with Crippen LogP contribution in [0.2, 0.25) is 5.02 Å². The Morgan fingerprint density at radius 3 is 2.60 bits per heavy atom. The minimum atomic E-state index is 0.367. The number of thiophene rings is 1. The molecular formula is C16H20ClNOS. The van der Waals surface area contributed by atoms with Crippen molar-refractivity contribution in [2.24, 2.45) is 0 Å². The number of rotatable bonds is 6. The van der Waals surface area contributed by atoms with E-state index in [0.717, 1.165) is 28.4 Å². The molecule has 2 nitrogen and oxygen atoms in total. The standard InChI is InChI=1S/C16H20ClNOS/c1-11-9-14(17)10-12(2)16(11)19-7-6-18-13(3)15-5-4-8-20-15/h4-5,8-10,13,18H,6-7H2,1-3H3. The summed E-state index contributed by atoms with van der Waals surface area (Å²) in [4.78, 5) is 1.35. The molecule has 0 aliphatic heterocycles. The van der Waals surface area contributed by atoms with Crippen molar-refractivity contribution in [1.29, 1.82) is 0 Å². The molecule has 4 heteroatoms. The van der Waals surface area contributed by atoms with Gasteiger partial charge in [0.15, 0.2) is 0 Å². The number of hydrogen-bond donors (Lipinski definition) is 1. The molecule has 0 aliphatic carbocycles. The van der Waals surface area contributed by atoms with Crippen molar-refractivity contribution in [2.45, 2.75) is 26.8 Å². The lowest BCUT2D eigenvalue weighted by atomic mass is 10.1. The van der Waals surface area contributed by atoms with Gasteiger partial charge in [0.05, 0.1) is 0 Å². The second-order valence-corrected chi connectivity index (χ2v) is 6.32. The lowest BCUT2D eigenvalue weighted by molar-refractivity contribution is 0.304. The van der Waals surface area contributed by atoms with Crippen molar-refractivity contribution in [3.8, 4) is 5.75 Å². The Morgan fingerprint density at radius 1 is 1.30 bits per heavy atom. The molecule has 1 aromatic carbocycles. The van der Waals surface area contributed by atoms with E-state index >= 15 is 0 Å². The summed E-state index contributed by atoms with van der Waals surface area (Å²) in [5, 5.41) is 6.33. The van der Waals surface area contributed by atoms with Crippen LogP contribution >= 0.6 is 22.9 Å². The first-order chi connectivity index (χ1) is 9.58. The summed E-state index contributed by atoms with van der Waals surface area (Å²) in [5.41, 5.74) is 2.17. The maximum absolute atomic E-state index is 6.02. The van der Waals surface area contributed by atoms with Crippen LogP contribution in [0.3, 0.4) is 0 Å². The van der Waals surface area contributed by atoms with Gasteiger partial charge in [-0.1, -0.05) is 17.7 Å². The van der Waals surface area contributed by atoms with Gasteiger partial charge >= 0.3 is 0 Å². The molecule has 1 unspecified atom stereocenters. The number of nitrogens with one attached hydrogen (secondary N) is 1. The first-order valence-electron chi connectivity index (χ1n) is 6.74. The third-order valence-electron chi connectivity index (χ3n) is 3.19. The van der Waals surface area contributed by atoms with Crippen LogP contribution in [0.5, 0.6) is 5.75 Å². The molecule has 20 heavy (non-hydrogen) atoms. The van der Waals surface area contributed by atoms with Crippen LogP contribution in [0, 0.1) is 13.8 Å². The van der Waals surface area contributed by atoms with Crippen molar-refractivity contribution in [3.63, 3.8) is 0 Å². The highest BCUT2D eigenvalue weighted by Gasteiger charge is 2.07. The van der Waals surface area contributed by atoms with Crippen molar-refractivity contribution in [1.82, 2.24) is 5.32 Å². The van der Waals surface area contributed by atoms with Gasteiger partial charge in [0.25, 0.3) is 0 Å². The van der Waals surface area contributed by atoms with Gasteiger partial charge in [0.2, 0.25) is 0 Å². The van der Waals surface area contributed by atoms with Gasteiger partial charge in [-0.3, -0.25) is 0 Å². The monoisotopic (exact) mass is 309 g/mol. The minimum absolute atomic E-state index is 0.367. The second-order valence-electron chi connectivity index (χ2n) is 4.91. The van der Waals surface area contributed by atoms with E-state index in [1.165, 1.54) is 4.88 Å². The van der Waals surface area contributed by atoms with Crippen LogP contribution in [0.1, 0.15) is 29.0 Å². The van der Waals surface area contributed by atoms with Gasteiger partial charge in [0.1, 0.15) is 12.4 Å². The first kappa shape index (κ1) is 15.4. The zero-order chi connectivity index (χ0) is 14.5. The summed E-state index contributed by atoms with van der Waals surface area (Å²) in [6.07, 6.45) is 0. The quantitative estimate of drug-likeness (QED) is 0.778. The summed E-state index contributed by atoms with van der Waals surface area (Å²) in [5.74, 6) is 0.944. The van der Waals surface area contributed by atoms with E-state index in [2.05, 4.69) is 29.8 Å². The number of hydrogen-bond acceptors (Lipinski definition) is 3. The third-order valence-corrected chi connectivity index (χ3v) is 4.47. The lowest BCUT2D eigenvalue weighted by Gasteiger charge is -2.15. The highest BCUT2D eigenvalue weighted by Crippen LogP contribution is 2.27. The lowest BCUT2D eigenvalue weighted by Crippen LogP contribution is -2.24. The fraction of sp³-hybridized carbons (Fsp3) is 0.375. The van der Waals surface area contributed by atoms with E-state index in [1.54, 1.807) is 11.3 Å². The molecule has 0 saturated carbocycles. The molecule has 0 radical (unpaired) electrons. The van der Waals surface area contributed by atoms with Crippen molar-refractivity contribution in [3.05, 3.63) is 50.7 Å². The van der Waals surface area contributed by atoms with Crippen molar-refractivity contribution >= 4 is 22.9 Å². The SMILES string of the molecule is Cc1cc(Cl)cc(C)c1OCCNC(C)c1cccs1. The molecule has 1 aromatic heterocycles.